The lowest BCUT2D eigenvalue weighted by Gasteiger charge is -2.44. The maximum absolute atomic E-state index is 14.4. The minimum absolute atomic E-state index is 0.0887. The standard InChI is InChI=1S/C49H52N2O5SSi/c1-32-25-34(26-33(2)46(32)52)27-35(42-20-12-13-23-50-42)21-22-43-44-36(28-40-45(41(44)31-55-43)48(54)51(47(40)53)29-37-15-14-24-57-37)30-56-58(49(3,4)5,38-16-8-6-9-17-38)39-18-10-7-11-19-39/h6-20,23-27,40-41,43,45,52H,21-22,28-31H2,1-5H3/b35-27-/t40-,41+,43-,45-/m1/s1. The van der Waals surface area contributed by atoms with Crippen molar-refractivity contribution >= 4 is 53.5 Å². The number of hydrogen-bond donors (Lipinski definition) is 1. The number of fused-ring (bicyclic) bond motifs is 3. The van der Waals surface area contributed by atoms with Crippen LogP contribution in [0.2, 0.25) is 5.04 Å². The van der Waals surface area contributed by atoms with E-state index in [-0.39, 0.29) is 28.9 Å². The molecule has 298 valence electrons. The maximum Gasteiger partial charge on any atom is 0.261 e. The van der Waals surface area contributed by atoms with Gasteiger partial charge in [-0.1, -0.05) is 93.6 Å². The third kappa shape index (κ3) is 7.45. The SMILES string of the molecule is Cc1cc(/C=C(/CC[C@H]2OC[C@H]3C2=C(CO[Si](c2ccccc2)(c2ccccc2)C(C)(C)C)C[C@H]2C(=O)N(Cc4cccs4)C(=O)[C@H]23)c2ccccn2)cc(C)c1O. The van der Waals surface area contributed by atoms with Crippen LogP contribution in [0.1, 0.15) is 67.3 Å². The number of rotatable bonds is 12. The topological polar surface area (TPSA) is 89.0 Å². The zero-order valence-electron chi connectivity index (χ0n) is 34.0. The summed E-state index contributed by atoms with van der Waals surface area (Å²) >= 11 is 1.57. The van der Waals surface area contributed by atoms with Crippen molar-refractivity contribution in [2.75, 3.05) is 13.2 Å². The van der Waals surface area contributed by atoms with Gasteiger partial charge in [-0.05, 0) is 124 Å². The van der Waals surface area contributed by atoms with Gasteiger partial charge in [0, 0.05) is 17.0 Å². The monoisotopic (exact) mass is 808 g/mol. The first-order chi connectivity index (χ1) is 28.0. The summed E-state index contributed by atoms with van der Waals surface area (Å²) in [5.41, 5.74) is 6.82. The van der Waals surface area contributed by atoms with Crippen molar-refractivity contribution in [3.8, 4) is 5.75 Å². The van der Waals surface area contributed by atoms with Gasteiger partial charge in [-0.15, -0.1) is 11.3 Å². The highest BCUT2D eigenvalue weighted by atomic mass is 32.1. The number of benzene rings is 3. The van der Waals surface area contributed by atoms with Crippen LogP contribution in [0.3, 0.4) is 0 Å². The van der Waals surface area contributed by atoms with Crippen molar-refractivity contribution in [2.45, 2.75) is 71.6 Å². The zero-order chi connectivity index (χ0) is 40.6. The molecule has 2 amide bonds. The molecule has 2 fully saturated rings. The summed E-state index contributed by atoms with van der Waals surface area (Å²) in [7, 11) is -2.93. The Labute approximate surface area is 347 Å². The Morgan fingerprint density at radius 1 is 0.914 bits per heavy atom. The molecule has 9 heteroatoms. The van der Waals surface area contributed by atoms with Crippen molar-refractivity contribution in [1.82, 2.24) is 9.88 Å². The number of ether oxygens (including phenoxy) is 1. The second-order valence-electron chi connectivity index (χ2n) is 17.0. The average Bonchev–Trinajstić information content (AvgIpc) is 3.96. The van der Waals surface area contributed by atoms with Crippen LogP contribution in [0.15, 0.2) is 126 Å². The summed E-state index contributed by atoms with van der Waals surface area (Å²) in [5, 5.41) is 14.7. The normalized spacial score (nSPS) is 21.1. The minimum Gasteiger partial charge on any atom is -0.507 e. The van der Waals surface area contributed by atoms with Gasteiger partial charge in [0.15, 0.2) is 0 Å². The molecule has 3 aromatic carbocycles. The van der Waals surface area contributed by atoms with Gasteiger partial charge in [0.1, 0.15) is 5.75 Å². The lowest BCUT2D eigenvalue weighted by molar-refractivity contribution is -0.140. The number of nitrogens with zero attached hydrogens (tertiary/aromatic N) is 2. The van der Waals surface area contributed by atoms with Crippen LogP contribution in [0, 0.1) is 31.6 Å². The second-order valence-corrected chi connectivity index (χ2v) is 22.4. The highest BCUT2D eigenvalue weighted by Gasteiger charge is 2.58. The summed E-state index contributed by atoms with van der Waals surface area (Å²) < 4.78 is 14.3. The number of pyridine rings is 1. The first kappa shape index (κ1) is 39.9. The van der Waals surface area contributed by atoms with Crippen LogP contribution in [0.25, 0.3) is 11.6 Å². The van der Waals surface area contributed by atoms with E-state index in [0.717, 1.165) is 44.0 Å². The van der Waals surface area contributed by atoms with Crippen LogP contribution in [0.4, 0.5) is 0 Å². The first-order valence-corrected chi connectivity index (χ1v) is 23.1. The highest BCUT2D eigenvalue weighted by molar-refractivity contribution is 7.09. The van der Waals surface area contributed by atoms with Crippen molar-refractivity contribution in [3.63, 3.8) is 0 Å². The van der Waals surface area contributed by atoms with E-state index in [9.17, 15) is 14.7 Å². The number of hydrogen-bond acceptors (Lipinski definition) is 7. The molecule has 8 rings (SSSR count). The Kier molecular flexibility index (Phi) is 11.3. The maximum atomic E-state index is 14.4. The van der Waals surface area contributed by atoms with Crippen molar-refractivity contribution in [1.29, 1.82) is 0 Å². The number of amides is 2. The quantitative estimate of drug-likeness (QED) is 0.0770. The molecule has 5 aromatic rings. The molecular formula is C49H52N2O5SSi. The molecule has 1 N–H and O–H groups in total. The molecule has 1 aliphatic carbocycles. The molecule has 2 aromatic heterocycles. The van der Waals surface area contributed by atoms with Gasteiger partial charge in [0.2, 0.25) is 11.8 Å². The molecule has 0 radical (unpaired) electrons. The summed E-state index contributed by atoms with van der Waals surface area (Å²) in [5.74, 6) is -0.991. The van der Waals surface area contributed by atoms with E-state index in [1.807, 2.05) is 67.9 Å². The van der Waals surface area contributed by atoms with Crippen LogP contribution in [-0.2, 0) is 25.3 Å². The molecule has 0 saturated carbocycles. The summed E-state index contributed by atoms with van der Waals surface area (Å²) in [6, 6.07) is 35.2. The number of likely N-dealkylation sites (tertiary alicyclic amines) is 1. The van der Waals surface area contributed by atoms with E-state index in [0.29, 0.717) is 44.8 Å². The molecule has 0 spiro atoms. The van der Waals surface area contributed by atoms with Gasteiger partial charge >= 0.3 is 0 Å². The molecule has 2 saturated heterocycles. The van der Waals surface area contributed by atoms with Crippen LogP contribution in [-0.4, -0.2) is 54.4 Å². The Morgan fingerprint density at radius 2 is 1.59 bits per heavy atom. The number of allylic oxidation sites excluding steroid dienone is 1. The predicted octanol–water partition coefficient (Wildman–Crippen LogP) is 8.88. The molecule has 7 nitrogen and oxygen atoms in total. The van der Waals surface area contributed by atoms with Gasteiger partial charge in [0.05, 0.1) is 43.4 Å². The first-order valence-electron chi connectivity index (χ1n) is 20.3. The second kappa shape index (κ2) is 16.4. The van der Waals surface area contributed by atoms with Crippen molar-refractivity contribution < 1.29 is 23.9 Å². The van der Waals surface area contributed by atoms with Gasteiger partial charge in [-0.25, -0.2) is 0 Å². The number of phenols is 1. The highest BCUT2D eigenvalue weighted by Crippen LogP contribution is 2.51. The Bertz CT molecular complexity index is 2270. The van der Waals surface area contributed by atoms with Crippen molar-refractivity contribution in [2.24, 2.45) is 17.8 Å². The number of aryl methyl sites for hydroxylation is 2. The summed E-state index contributed by atoms with van der Waals surface area (Å²) in [6.45, 7) is 11.7. The molecule has 3 aliphatic rings. The molecule has 0 bridgehead atoms. The van der Waals surface area contributed by atoms with E-state index in [4.69, 9.17) is 14.1 Å². The molecule has 2 aliphatic heterocycles. The Hall–Kier alpha value is -4.93. The number of imide groups is 1. The fraction of sp³-hybridized carbons (Fsp3) is 0.327. The Balaban J connectivity index is 1.18. The van der Waals surface area contributed by atoms with Gasteiger partial charge in [0.25, 0.3) is 8.32 Å². The van der Waals surface area contributed by atoms with E-state index in [1.165, 1.54) is 15.3 Å². The predicted molar refractivity (Wildman–Crippen MR) is 234 cm³/mol. The van der Waals surface area contributed by atoms with Gasteiger partial charge < -0.3 is 14.3 Å². The molecule has 58 heavy (non-hydrogen) atoms. The van der Waals surface area contributed by atoms with Gasteiger partial charge in [-0.3, -0.25) is 19.5 Å². The summed E-state index contributed by atoms with van der Waals surface area (Å²) in [4.78, 5) is 35.9. The minimum atomic E-state index is -2.93. The van der Waals surface area contributed by atoms with E-state index < -0.39 is 20.2 Å². The molecule has 4 atom stereocenters. The van der Waals surface area contributed by atoms with Crippen molar-refractivity contribution in [3.05, 3.63) is 153 Å². The third-order valence-corrected chi connectivity index (χ3v) is 18.2. The number of phenolic OH excluding ortho intramolecular Hbond substituents is 1. The lowest BCUT2D eigenvalue weighted by Crippen LogP contribution is -2.66. The van der Waals surface area contributed by atoms with Crippen LogP contribution in [0.5, 0.6) is 5.75 Å². The smallest absolute Gasteiger partial charge is 0.261 e. The Morgan fingerprint density at radius 3 is 2.19 bits per heavy atom. The molecular weight excluding hydrogens is 757 g/mol. The fourth-order valence-corrected chi connectivity index (χ4v) is 15.0. The zero-order valence-corrected chi connectivity index (χ0v) is 35.8. The van der Waals surface area contributed by atoms with Crippen LogP contribution < -0.4 is 10.4 Å². The summed E-state index contributed by atoms with van der Waals surface area (Å²) in [6.07, 6.45) is 5.53. The number of carbonyl (C=O) groups is 2. The van der Waals surface area contributed by atoms with Crippen LogP contribution >= 0.6 is 11.3 Å². The number of thiophene rings is 1. The van der Waals surface area contributed by atoms with E-state index in [2.05, 4.69) is 87.5 Å². The number of carbonyl (C=O) groups excluding carboxylic acids is 2. The van der Waals surface area contributed by atoms with E-state index >= 15 is 0 Å². The number of aromatic nitrogens is 1. The largest absolute Gasteiger partial charge is 0.507 e. The lowest BCUT2D eigenvalue weighted by atomic mass is 9.69. The number of aromatic hydroxyl groups is 1. The van der Waals surface area contributed by atoms with Gasteiger partial charge in [-0.2, -0.15) is 0 Å². The fourth-order valence-electron chi connectivity index (χ4n) is 9.73. The molecule has 0 unspecified atom stereocenters. The molecule has 4 heterocycles. The average molecular weight is 809 g/mol. The van der Waals surface area contributed by atoms with E-state index in [1.54, 1.807) is 11.3 Å². The third-order valence-electron chi connectivity index (χ3n) is 12.4.